The first kappa shape index (κ1) is 40.4. The molecule has 12 rings (SSSR count). The van der Waals surface area contributed by atoms with Crippen molar-refractivity contribution >= 4 is 76.2 Å². The molecule has 0 bridgehead atoms. The molecule has 0 amide bonds. The maximum Gasteiger partial charge on any atom is 0.143 e. The molecule has 12 aromatic rings. The molecule has 2 aromatic heterocycles. The summed E-state index contributed by atoms with van der Waals surface area (Å²) >= 11 is 0. The summed E-state index contributed by atoms with van der Waals surface area (Å²) in [6.07, 6.45) is 2.25. The first-order valence-corrected chi connectivity index (χ1v) is 23.9. The summed E-state index contributed by atoms with van der Waals surface area (Å²) in [5.41, 5.74) is 21.1. The molecule has 0 aliphatic carbocycles. The molecule has 2 heterocycles. The second-order valence-corrected chi connectivity index (χ2v) is 19.3. The Labute approximate surface area is 386 Å². The Kier molecular flexibility index (Phi) is 9.30. The third-order valence-electron chi connectivity index (χ3n) is 15.4. The van der Waals surface area contributed by atoms with Crippen LogP contribution >= 0.6 is 0 Å². The fraction of sp³-hybridized carbons (Fsp3) is 0.188. The molecular weight excluding hydrogens is 801 g/mol. The van der Waals surface area contributed by atoms with Crippen molar-refractivity contribution in [1.29, 1.82) is 0 Å². The van der Waals surface area contributed by atoms with Gasteiger partial charge in [0.2, 0.25) is 0 Å². The van der Waals surface area contributed by atoms with Gasteiger partial charge in [-0.25, -0.2) is 0 Å². The van der Waals surface area contributed by atoms with Crippen LogP contribution in [0.25, 0.3) is 121 Å². The van der Waals surface area contributed by atoms with Crippen LogP contribution in [0.15, 0.2) is 154 Å². The highest BCUT2D eigenvalue weighted by atomic mass is 16.3. The van der Waals surface area contributed by atoms with Crippen LogP contribution in [-0.4, -0.2) is 0 Å². The zero-order valence-electron chi connectivity index (χ0n) is 39.2. The monoisotopic (exact) mass is 854 g/mol. The van der Waals surface area contributed by atoms with Crippen molar-refractivity contribution in [2.24, 2.45) is 0 Å². The molecule has 0 spiro atoms. The Morgan fingerprint density at radius 2 is 0.727 bits per heavy atom. The summed E-state index contributed by atoms with van der Waals surface area (Å²) in [6.45, 7) is 18.1. The van der Waals surface area contributed by atoms with E-state index >= 15 is 0 Å². The molecule has 0 N–H and O–H groups in total. The normalized spacial score (nSPS) is 13.2. The van der Waals surface area contributed by atoms with E-state index in [9.17, 15) is 0 Å². The SMILES string of the molecule is CCC(C)c1ccc(-c2ccc3c(c2)oc2c3cc3c(-c4c(C)cccc4C)cc4c5oc6cc(-c7ccc(C(C)CC)cc7)ccc6c5cc5c(-c6c(C)cccc6C)cc2c3c54)cc1. The van der Waals surface area contributed by atoms with Crippen molar-refractivity contribution in [1.82, 2.24) is 0 Å². The molecule has 0 aliphatic rings. The predicted octanol–water partition coefficient (Wildman–Crippen LogP) is 19.3. The first-order chi connectivity index (χ1) is 32.1. The van der Waals surface area contributed by atoms with Gasteiger partial charge in [-0.1, -0.05) is 125 Å². The van der Waals surface area contributed by atoms with Crippen LogP contribution in [0.1, 0.15) is 85.8 Å². The fourth-order valence-corrected chi connectivity index (χ4v) is 11.3. The highest BCUT2D eigenvalue weighted by Crippen LogP contribution is 2.52. The van der Waals surface area contributed by atoms with Gasteiger partial charge in [-0.05, 0) is 190 Å². The van der Waals surface area contributed by atoms with Crippen LogP contribution in [0.4, 0.5) is 0 Å². The van der Waals surface area contributed by atoms with Gasteiger partial charge in [0.1, 0.15) is 22.3 Å². The zero-order chi connectivity index (χ0) is 45.1. The zero-order valence-corrected chi connectivity index (χ0v) is 39.2. The average Bonchev–Trinajstić information content (AvgIpc) is 3.90. The van der Waals surface area contributed by atoms with E-state index in [1.807, 2.05) is 0 Å². The van der Waals surface area contributed by atoms with Gasteiger partial charge in [0.05, 0.1) is 0 Å². The van der Waals surface area contributed by atoms with E-state index in [2.05, 4.69) is 201 Å². The Balaban J connectivity index is 1.19. The Bertz CT molecular complexity index is 3590. The predicted molar refractivity (Wildman–Crippen MR) is 283 cm³/mol. The van der Waals surface area contributed by atoms with Gasteiger partial charge in [0.15, 0.2) is 0 Å². The molecule has 2 nitrogen and oxygen atoms in total. The average molecular weight is 855 g/mol. The summed E-state index contributed by atoms with van der Waals surface area (Å²) in [7, 11) is 0. The van der Waals surface area contributed by atoms with E-state index in [-0.39, 0.29) is 0 Å². The van der Waals surface area contributed by atoms with Crippen LogP contribution in [0, 0.1) is 27.7 Å². The van der Waals surface area contributed by atoms with Gasteiger partial charge in [0.25, 0.3) is 0 Å². The van der Waals surface area contributed by atoms with Crippen molar-refractivity contribution in [3.63, 3.8) is 0 Å². The molecule has 322 valence electrons. The van der Waals surface area contributed by atoms with E-state index in [0.717, 1.165) is 78.6 Å². The van der Waals surface area contributed by atoms with E-state index < -0.39 is 0 Å². The minimum atomic E-state index is 0.535. The molecule has 0 saturated carbocycles. The maximum atomic E-state index is 7.19. The Morgan fingerprint density at radius 3 is 1.09 bits per heavy atom. The highest BCUT2D eigenvalue weighted by molar-refractivity contribution is 6.38. The molecule has 0 fully saturated rings. The molecule has 2 unspecified atom stereocenters. The van der Waals surface area contributed by atoms with Crippen molar-refractivity contribution in [2.75, 3.05) is 0 Å². The number of fused-ring (bicyclic) bond motifs is 8. The van der Waals surface area contributed by atoms with Gasteiger partial charge < -0.3 is 8.83 Å². The minimum Gasteiger partial charge on any atom is -0.455 e. The number of aryl methyl sites for hydroxylation is 4. The lowest BCUT2D eigenvalue weighted by Gasteiger charge is -2.21. The standard InChI is InChI=1S/C64H54O2/c1-9-35(3)41-17-21-43(22-18-41)45-25-27-47-53-31-51-50(60-39(7)15-12-16-40(60)8)34-56-62-52(49(59-37(5)13-11-14-38(59)6)33-55(61(51)62)63(53)65-57(47)29-45)32-54-48-28-26-46(30-58(48)66-64(54)56)44-23-19-42(20-24-44)36(4)10-2/h11-36H,9-10H2,1-8H3. The van der Waals surface area contributed by atoms with E-state index in [1.54, 1.807) is 0 Å². The minimum absolute atomic E-state index is 0.535. The van der Waals surface area contributed by atoms with Gasteiger partial charge in [-0.2, -0.15) is 0 Å². The van der Waals surface area contributed by atoms with Crippen molar-refractivity contribution in [3.05, 3.63) is 179 Å². The lowest BCUT2D eigenvalue weighted by atomic mass is 9.81. The van der Waals surface area contributed by atoms with Gasteiger partial charge in [-0.15, -0.1) is 0 Å². The number of hydrogen-bond donors (Lipinski definition) is 0. The summed E-state index contributed by atoms with van der Waals surface area (Å²) in [5, 5.41) is 11.7. The third-order valence-corrected chi connectivity index (χ3v) is 15.4. The van der Waals surface area contributed by atoms with Gasteiger partial charge in [-0.3, -0.25) is 0 Å². The Hall–Kier alpha value is -7.16. The molecule has 10 aromatic carbocycles. The number of hydrogen-bond acceptors (Lipinski definition) is 2. The van der Waals surface area contributed by atoms with E-state index in [4.69, 9.17) is 8.83 Å². The smallest absolute Gasteiger partial charge is 0.143 e. The molecule has 2 atom stereocenters. The second-order valence-electron chi connectivity index (χ2n) is 19.3. The molecular formula is C64H54O2. The number of benzene rings is 10. The highest BCUT2D eigenvalue weighted by Gasteiger charge is 2.26. The van der Waals surface area contributed by atoms with Crippen LogP contribution < -0.4 is 0 Å². The summed E-state index contributed by atoms with van der Waals surface area (Å²) in [5.74, 6) is 1.07. The topological polar surface area (TPSA) is 26.3 Å². The quantitative estimate of drug-likeness (QED) is 0.142. The van der Waals surface area contributed by atoms with Gasteiger partial charge >= 0.3 is 0 Å². The summed E-state index contributed by atoms with van der Waals surface area (Å²) in [4.78, 5) is 0. The summed E-state index contributed by atoms with van der Waals surface area (Å²) in [6, 6.07) is 54.8. The number of furan rings is 2. The molecule has 0 aliphatic heterocycles. The van der Waals surface area contributed by atoms with Crippen molar-refractivity contribution < 1.29 is 8.83 Å². The van der Waals surface area contributed by atoms with Crippen LogP contribution in [-0.2, 0) is 0 Å². The summed E-state index contributed by atoms with van der Waals surface area (Å²) < 4.78 is 14.4. The van der Waals surface area contributed by atoms with Crippen LogP contribution in [0.3, 0.4) is 0 Å². The molecule has 0 saturated heterocycles. The maximum absolute atomic E-state index is 7.19. The Morgan fingerprint density at radius 1 is 0.364 bits per heavy atom. The molecule has 2 heteroatoms. The van der Waals surface area contributed by atoms with E-state index in [0.29, 0.717) is 11.8 Å². The fourth-order valence-electron chi connectivity index (χ4n) is 11.3. The van der Waals surface area contributed by atoms with Crippen LogP contribution in [0.2, 0.25) is 0 Å². The number of rotatable bonds is 8. The van der Waals surface area contributed by atoms with Crippen molar-refractivity contribution in [2.45, 2.75) is 80.1 Å². The molecule has 66 heavy (non-hydrogen) atoms. The van der Waals surface area contributed by atoms with Crippen molar-refractivity contribution in [3.8, 4) is 44.5 Å². The second kappa shape index (κ2) is 15.2. The van der Waals surface area contributed by atoms with Crippen LogP contribution in [0.5, 0.6) is 0 Å². The lowest BCUT2D eigenvalue weighted by molar-refractivity contribution is 0.672. The first-order valence-electron chi connectivity index (χ1n) is 23.9. The molecule has 0 radical (unpaired) electrons. The largest absolute Gasteiger partial charge is 0.455 e. The third kappa shape index (κ3) is 6.07. The van der Waals surface area contributed by atoms with Gasteiger partial charge in [0, 0.05) is 43.1 Å². The van der Waals surface area contributed by atoms with E-state index in [1.165, 1.54) is 88.3 Å². The lowest BCUT2D eigenvalue weighted by Crippen LogP contribution is -1.96.